The van der Waals surface area contributed by atoms with Crippen molar-refractivity contribution < 1.29 is 4.74 Å². The lowest BCUT2D eigenvalue weighted by atomic mass is 9.72. The Morgan fingerprint density at radius 3 is 2.39 bits per heavy atom. The Kier molecular flexibility index (Phi) is 4.26. The van der Waals surface area contributed by atoms with Gasteiger partial charge in [-0.2, -0.15) is 0 Å². The minimum absolute atomic E-state index is 0.0669. The smallest absolute Gasteiger partial charge is 0.132 e. The van der Waals surface area contributed by atoms with Gasteiger partial charge in [0.25, 0.3) is 0 Å². The summed E-state index contributed by atoms with van der Waals surface area (Å²) in [5, 5.41) is 3.32. The van der Waals surface area contributed by atoms with Gasteiger partial charge in [-0.25, -0.2) is 9.97 Å². The summed E-state index contributed by atoms with van der Waals surface area (Å²) in [6.07, 6.45) is 7.26. The van der Waals surface area contributed by atoms with E-state index in [9.17, 15) is 0 Å². The van der Waals surface area contributed by atoms with E-state index in [1.807, 2.05) is 36.7 Å². The highest BCUT2D eigenvalue weighted by atomic mass is 16.5. The maximum atomic E-state index is 6.31. The molecule has 5 nitrogen and oxygen atoms in total. The van der Waals surface area contributed by atoms with E-state index in [4.69, 9.17) is 10.5 Å². The summed E-state index contributed by atoms with van der Waals surface area (Å²) in [5.74, 6) is 8.97. The molecule has 3 N–H and O–H groups in total. The molecule has 0 amide bonds. The molecule has 154 valence electrons. The van der Waals surface area contributed by atoms with E-state index in [-0.39, 0.29) is 5.41 Å². The van der Waals surface area contributed by atoms with Gasteiger partial charge >= 0.3 is 0 Å². The molecule has 2 aromatic carbocycles. The highest BCUT2D eigenvalue weighted by Gasteiger charge is 2.44. The Morgan fingerprint density at radius 2 is 1.71 bits per heavy atom. The molecule has 1 atom stereocenters. The number of fused-ring (bicyclic) bond motifs is 4. The first-order valence-electron chi connectivity index (χ1n) is 10.3. The molecule has 1 spiro atoms. The van der Waals surface area contributed by atoms with E-state index in [1.54, 1.807) is 0 Å². The lowest BCUT2D eigenvalue weighted by Gasteiger charge is -2.36. The largest absolute Gasteiger partial charge is 0.457 e. The first kappa shape index (κ1) is 19.2. The molecule has 2 aliphatic heterocycles. The van der Waals surface area contributed by atoms with Crippen LogP contribution in [0.15, 0.2) is 67.0 Å². The maximum Gasteiger partial charge on any atom is 0.132 e. The van der Waals surface area contributed by atoms with Crippen molar-refractivity contribution in [1.29, 1.82) is 0 Å². The fourth-order valence-corrected chi connectivity index (χ4v) is 4.12. The number of aromatic nitrogens is 2. The topological polar surface area (TPSA) is 73.1 Å². The minimum Gasteiger partial charge on any atom is -0.457 e. The summed E-state index contributed by atoms with van der Waals surface area (Å²) in [7, 11) is 0. The van der Waals surface area contributed by atoms with Crippen LogP contribution in [0.5, 0.6) is 11.5 Å². The van der Waals surface area contributed by atoms with Gasteiger partial charge in [-0.05, 0) is 62.7 Å². The number of rotatable bonds is 1. The van der Waals surface area contributed by atoms with Gasteiger partial charge < -0.3 is 15.8 Å². The van der Waals surface area contributed by atoms with Crippen LogP contribution in [0.25, 0.3) is 11.1 Å². The summed E-state index contributed by atoms with van der Waals surface area (Å²) in [4.78, 5) is 8.32. The number of ether oxygens (including phenoxy) is 1. The van der Waals surface area contributed by atoms with Gasteiger partial charge in [-0.3, -0.25) is 0 Å². The number of benzene rings is 2. The van der Waals surface area contributed by atoms with Crippen molar-refractivity contribution in [3.8, 4) is 34.5 Å². The van der Waals surface area contributed by atoms with Crippen molar-refractivity contribution in [1.82, 2.24) is 15.3 Å². The van der Waals surface area contributed by atoms with Gasteiger partial charge in [0.15, 0.2) is 0 Å². The predicted octanol–water partition coefficient (Wildman–Crippen LogP) is 4.34. The highest BCUT2D eigenvalue weighted by molar-refractivity contribution is 5.70. The minimum atomic E-state index is -0.432. The Morgan fingerprint density at radius 1 is 1.00 bits per heavy atom. The molecule has 5 heteroatoms. The van der Waals surface area contributed by atoms with Crippen molar-refractivity contribution in [2.24, 2.45) is 11.1 Å². The SMILES string of the molecule is CC(C)(C)C#Cc1ccc2c(c1)[C@]1(C=C(N)NC1)c1cc(-c3cncnc3)ccc1O2. The summed E-state index contributed by atoms with van der Waals surface area (Å²) in [6, 6.07) is 12.4. The third-order valence-electron chi connectivity index (χ3n) is 5.59. The van der Waals surface area contributed by atoms with Crippen molar-refractivity contribution in [3.63, 3.8) is 0 Å². The summed E-state index contributed by atoms with van der Waals surface area (Å²) in [6.45, 7) is 6.99. The molecular weight excluding hydrogens is 384 g/mol. The van der Waals surface area contributed by atoms with E-state index >= 15 is 0 Å². The number of hydrogen-bond acceptors (Lipinski definition) is 5. The second-order valence-corrected chi connectivity index (χ2v) is 9.08. The number of nitrogens with two attached hydrogens (primary N) is 1. The van der Waals surface area contributed by atoms with Gasteiger partial charge in [0.2, 0.25) is 0 Å². The predicted molar refractivity (Wildman–Crippen MR) is 121 cm³/mol. The third-order valence-corrected chi connectivity index (χ3v) is 5.59. The van der Waals surface area contributed by atoms with E-state index < -0.39 is 5.41 Å². The second-order valence-electron chi connectivity index (χ2n) is 9.08. The van der Waals surface area contributed by atoms with Gasteiger partial charge in [-0.15, -0.1) is 0 Å². The van der Waals surface area contributed by atoms with Gasteiger partial charge in [0.05, 0.1) is 11.2 Å². The summed E-state index contributed by atoms with van der Waals surface area (Å²) < 4.78 is 6.31. The van der Waals surface area contributed by atoms with Crippen LogP contribution in [0.3, 0.4) is 0 Å². The van der Waals surface area contributed by atoms with Crippen molar-refractivity contribution >= 4 is 0 Å². The van der Waals surface area contributed by atoms with E-state index in [0.29, 0.717) is 12.4 Å². The molecular formula is C26H24N4O. The second kappa shape index (κ2) is 6.88. The number of nitrogens with zero attached hydrogens (tertiary/aromatic N) is 2. The molecule has 0 fully saturated rings. The van der Waals surface area contributed by atoms with Crippen molar-refractivity contribution in [2.75, 3.05) is 6.54 Å². The van der Waals surface area contributed by atoms with Crippen LogP contribution in [-0.4, -0.2) is 16.5 Å². The Balaban J connectivity index is 1.69. The van der Waals surface area contributed by atoms with Crippen LogP contribution in [0.4, 0.5) is 0 Å². The molecule has 1 aromatic heterocycles. The Hall–Kier alpha value is -3.78. The third kappa shape index (κ3) is 3.40. The highest BCUT2D eigenvalue weighted by Crippen LogP contribution is 2.51. The molecule has 2 aliphatic rings. The standard InChI is InChI=1S/C26H24N4O/c1-25(2,3)9-8-17-4-6-22-20(10-17)26(12-24(27)30-15-26)21-11-18(5-7-23(21)31-22)19-13-28-16-29-14-19/h4-7,10-14,16,30H,15,27H2,1-3H3/t26-/m1/s1. The number of nitrogens with one attached hydrogen (secondary N) is 1. The molecule has 3 heterocycles. The lowest BCUT2D eigenvalue weighted by molar-refractivity contribution is 0.424. The molecule has 0 unspecified atom stereocenters. The average Bonchev–Trinajstić information content (AvgIpc) is 3.15. The van der Waals surface area contributed by atoms with Gasteiger partial charge in [0.1, 0.15) is 17.8 Å². The van der Waals surface area contributed by atoms with Gasteiger partial charge in [-0.1, -0.05) is 17.9 Å². The van der Waals surface area contributed by atoms with Crippen molar-refractivity contribution in [2.45, 2.75) is 26.2 Å². The van der Waals surface area contributed by atoms with Gasteiger partial charge in [0, 0.05) is 46.6 Å². The molecule has 0 radical (unpaired) electrons. The Bertz CT molecular complexity index is 1260. The van der Waals surface area contributed by atoms with E-state index in [0.717, 1.165) is 39.3 Å². The van der Waals surface area contributed by atoms with Crippen LogP contribution in [-0.2, 0) is 5.41 Å². The molecule has 5 rings (SSSR count). The number of hydrogen-bond donors (Lipinski definition) is 2. The monoisotopic (exact) mass is 408 g/mol. The van der Waals surface area contributed by atoms with Crippen LogP contribution >= 0.6 is 0 Å². The molecule has 0 saturated heterocycles. The summed E-state index contributed by atoms with van der Waals surface area (Å²) >= 11 is 0. The molecule has 0 saturated carbocycles. The fourth-order valence-electron chi connectivity index (χ4n) is 4.12. The summed E-state index contributed by atoms with van der Waals surface area (Å²) in [5.41, 5.74) is 10.8. The quantitative estimate of drug-likeness (QED) is 0.586. The molecule has 3 aromatic rings. The zero-order valence-electron chi connectivity index (χ0n) is 17.9. The normalized spacial score (nSPS) is 18.7. The van der Waals surface area contributed by atoms with E-state index in [2.05, 4.69) is 66.1 Å². The zero-order chi connectivity index (χ0) is 21.6. The van der Waals surface area contributed by atoms with Crippen LogP contribution < -0.4 is 15.8 Å². The zero-order valence-corrected chi connectivity index (χ0v) is 17.9. The fraction of sp³-hybridized carbons (Fsp3) is 0.231. The van der Waals surface area contributed by atoms with Crippen molar-refractivity contribution in [3.05, 3.63) is 83.7 Å². The molecule has 0 aliphatic carbocycles. The van der Waals surface area contributed by atoms with E-state index in [1.165, 1.54) is 6.33 Å². The molecule has 31 heavy (non-hydrogen) atoms. The lowest BCUT2D eigenvalue weighted by Crippen LogP contribution is -2.34. The average molecular weight is 409 g/mol. The Labute approximate surface area is 182 Å². The van der Waals surface area contributed by atoms with Crippen LogP contribution in [0.2, 0.25) is 0 Å². The first-order chi connectivity index (χ1) is 14.8. The van der Waals surface area contributed by atoms with Crippen LogP contribution in [0.1, 0.15) is 37.5 Å². The molecule has 0 bridgehead atoms. The maximum absolute atomic E-state index is 6.31. The van der Waals surface area contributed by atoms with Crippen LogP contribution in [0, 0.1) is 17.3 Å². The first-order valence-corrected chi connectivity index (χ1v) is 10.3.